The van der Waals surface area contributed by atoms with E-state index in [-0.39, 0.29) is 15.5 Å². The Labute approximate surface area is 196 Å². The number of carbonyl (C=O) groups excluding carboxylic acids is 1. The molecule has 1 aromatic heterocycles. The first kappa shape index (κ1) is 22.7. The molecule has 0 fully saturated rings. The molecule has 4 rings (SSSR count). The summed E-state index contributed by atoms with van der Waals surface area (Å²) in [5, 5.41) is 5.11. The Morgan fingerprint density at radius 2 is 2.00 bits per heavy atom. The number of ether oxygens (including phenoxy) is 1. The van der Waals surface area contributed by atoms with Gasteiger partial charge in [-0.25, -0.2) is 13.4 Å². The molecule has 10 heteroatoms. The minimum atomic E-state index is -3.80. The largest absolute Gasteiger partial charge is 0.493 e. The number of nitrogens with zero attached hydrogens (tertiary/aromatic N) is 2. The lowest BCUT2D eigenvalue weighted by molar-refractivity contribution is 0.102. The number of carbonyl (C=O) groups is 1. The van der Waals surface area contributed by atoms with Gasteiger partial charge in [-0.2, -0.15) is 4.31 Å². The van der Waals surface area contributed by atoms with Gasteiger partial charge in [0.2, 0.25) is 10.0 Å². The molecule has 0 saturated carbocycles. The summed E-state index contributed by atoms with van der Waals surface area (Å²) in [5.74, 6) is 0.441. The summed E-state index contributed by atoms with van der Waals surface area (Å²) in [6.45, 7) is 4.80. The van der Waals surface area contributed by atoms with Crippen LogP contribution in [-0.4, -0.2) is 43.3 Å². The summed E-state index contributed by atoms with van der Waals surface area (Å²) in [7, 11) is -3.80. The first-order valence-corrected chi connectivity index (χ1v) is 12.9. The smallest absolute Gasteiger partial charge is 0.257 e. The highest BCUT2D eigenvalue weighted by atomic mass is 35.5. The van der Waals surface area contributed by atoms with Gasteiger partial charge in [-0.3, -0.25) is 10.1 Å². The Kier molecular flexibility index (Phi) is 6.52. The quantitative estimate of drug-likeness (QED) is 0.518. The standard InChI is InChI=1S/C22H22ClN3O4S2/c1-3-26(4-2)32(28,29)20-12-16(5-7-17(20)23)21(27)25-22-24-18(13-31-22)14-6-8-19-15(11-14)9-10-30-19/h5-8,11-13H,3-4,9-10H2,1-2H3,(H,24,25,27). The van der Waals surface area contributed by atoms with Crippen LogP contribution in [0.2, 0.25) is 5.02 Å². The van der Waals surface area contributed by atoms with Crippen LogP contribution in [0.5, 0.6) is 5.75 Å². The molecule has 0 radical (unpaired) electrons. The zero-order valence-corrected chi connectivity index (χ0v) is 20.0. The monoisotopic (exact) mass is 491 g/mol. The molecule has 0 unspecified atom stereocenters. The fourth-order valence-corrected chi connectivity index (χ4v) is 6.20. The van der Waals surface area contributed by atoms with Crippen LogP contribution in [0, 0.1) is 0 Å². The van der Waals surface area contributed by atoms with Gasteiger partial charge in [0.1, 0.15) is 10.6 Å². The third-order valence-corrected chi connectivity index (χ3v) is 8.52. The number of aromatic nitrogens is 1. The molecule has 2 heterocycles. The lowest BCUT2D eigenvalue weighted by Gasteiger charge is -2.19. The molecule has 1 amide bonds. The molecule has 0 atom stereocenters. The fraction of sp³-hybridized carbons (Fsp3) is 0.273. The van der Waals surface area contributed by atoms with Gasteiger partial charge in [-0.05, 0) is 42.0 Å². The molecule has 2 aromatic carbocycles. The van der Waals surface area contributed by atoms with Crippen molar-refractivity contribution >= 4 is 44.0 Å². The number of fused-ring (bicyclic) bond motifs is 1. The van der Waals surface area contributed by atoms with Crippen LogP contribution in [-0.2, 0) is 16.4 Å². The van der Waals surface area contributed by atoms with Gasteiger partial charge in [-0.1, -0.05) is 25.4 Å². The zero-order valence-electron chi connectivity index (χ0n) is 17.6. The van der Waals surface area contributed by atoms with E-state index in [4.69, 9.17) is 16.3 Å². The van der Waals surface area contributed by atoms with Crippen molar-refractivity contribution in [2.24, 2.45) is 0 Å². The van der Waals surface area contributed by atoms with Crippen LogP contribution in [0.1, 0.15) is 29.8 Å². The number of nitrogens with one attached hydrogen (secondary N) is 1. The molecule has 32 heavy (non-hydrogen) atoms. The number of hydrogen-bond acceptors (Lipinski definition) is 6. The van der Waals surface area contributed by atoms with Crippen molar-refractivity contribution < 1.29 is 17.9 Å². The second kappa shape index (κ2) is 9.19. The zero-order chi connectivity index (χ0) is 22.9. The second-order valence-corrected chi connectivity index (χ2v) is 10.3. The molecule has 1 aliphatic rings. The number of halogens is 1. The van der Waals surface area contributed by atoms with Crippen LogP contribution in [0.3, 0.4) is 0 Å². The highest BCUT2D eigenvalue weighted by Gasteiger charge is 2.26. The number of thiazole rings is 1. The van der Waals surface area contributed by atoms with E-state index in [0.29, 0.717) is 24.8 Å². The maximum absolute atomic E-state index is 12.9. The number of sulfonamides is 1. The maximum atomic E-state index is 12.9. The Morgan fingerprint density at radius 3 is 2.75 bits per heavy atom. The van der Waals surface area contributed by atoms with Crippen molar-refractivity contribution in [3.63, 3.8) is 0 Å². The molecule has 1 aliphatic heterocycles. The fourth-order valence-electron chi connectivity index (χ4n) is 3.52. The van der Waals surface area contributed by atoms with Crippen LogP contribution in [0.15, 0.2) is 46.7 Å². The third-order valence-electron chi connectivity index (χ3n) is 5.23. The predicted molar refractivity (Wildman–Crippen MR) is 126 cm³/mol. The molecule has 0 saturated heterocycles. The molecule has 0 spiro atoms. The first-order valence-electron chi connectivity index (χ1n) is 10.2. The average Bonchev–Trinajstić information content (AvgIpc) is 3.43. The average molecular weight is 492 g/mol. The minimum absolute atomic E-state index is 0.0746. The van der Waals surface area contributed by atoms with Gasteiger partial charge >= 0.3 is 0 Å². The molecule has 1 N–H and O–H groups in total. The normalized spacial score (nSPS) is 13.1. The van der Waals surface area contributed by atoms with Crippen LogP contribution in [0.4, 0.5) is 5.13 Å². The third kappa shape index (κ3) is 4.38. The van der Waals surface area contributed by atoms with E-state index in [1.807, 2.05) is 23.6 Å². The number of hydrogen-bond donors (Lipinski definition) is 1. The van der Waals surface area contributed by atoms with E-state index in [2.05, 4.69) is 10.3 Å². The van der Waals surface area contributed by atoms with Crippen LogP contribution >= 0.6 is 22.9 Å². The van der Waals surface area contributed by atoms with Crippen molar-refractivity contribution in [2.75, 3.05) is 25.0 Å². The van der Waals surface area contributed by atoms with E-state index in [9.17, 15) is 13.2 Å². The summed E-state index contributed by atoms with van der Waals surface area (Å²) in [4.78, 5) is 17.2. The Morgan fingerprint density at radius 1 is 1.22 bits per heavy atom. The minimum Gasteiger partial charge on any atom is -0.493 e. The summed E-state index contributed by atoms with van der Waals surface area (Å²) in [6.07, 6.45) is 0.867. The highest BCUT2D eigenvalue weighted by molar-refractivity contribution is 7.89. The van der Waals surface area contributed by atoms with Crippen molar-refractivity contribution in [1.82, 2.24) is 9.29 Å². The van der Waals surface area contributed by atoms with Gasteiger partial charge in [0.05, 0.1) is 17.3 Å². The van der Waals surface area contributed by atoms with E-state index < -0.39 is 15.9 Å². The molecule has 0 bridgehead atoms. The number of rotatable bonds is 7. The Balaban J connectivity index is 1.55. The van der Waals surface area contributed by atoms with E-state index in [1.54, 1.807) is 13.8 Å². The number of amides is 1. The molecule has 0 aliphatic carbocycles. The van der Waals surface area contributed by atoms with Crippen molar-refractivity contribution in [3.8, 4) is 17.0 Å². The summed E-state index contributed by atoms with van der Waals surface area (Å²) < 4.78 is 32.6. The van der Waals surface area contributed by atoms with Gasteiger partial charge in [0.25, 0.3) is 5.91 Å². The van der Waals surface area contributed by atoms with Gasteiger partial charge in [0.15, 0.2) is 5.13 Å². The molecule has 3 aromatic rings. The molecular formula is C22H22ClN3O4S2. The molecular weight excluding hydrogens is 470 g/mol. The maximum Gasteiger partial charge on any atom is 0.257 e. The summed E-state index contributed by atoms with van der Waals surface area (Å²) >= 11 is 7.46. The lowest BCUT2D eigenvalue weighted by atomic mass is 10.1. The topological polar surface area (TPSA) is 88.6 Å². The van der Waals surface area contributed by atoms with Crippen molar-refractivity contribution in [1.29, 1.82) is 0 Å². The van der Waals surface area contributed by atoms with Crippen LogP contribution < -0.4 is 10.1 Å². The Bertz CT molecular complexity index is 1270. The van der Waals surface area contributed by atoms with E-state index >= 15 is 0 Å². The van der Waals surface area contributed by atoms with E-state index in [1.165, 1.54) is 33.8 Å². The lowest BCUT2D eigenvalue weighted by Crippen LogP contribution is -2.31. The first-order chi connectivity index (χ1) is 15.3. The van der Waals surface area contributed by atoms with Crippen molar-refractivity contribution in [3.05, 3.63) is 57.9 Å². The highest BCUT2D eigenvalue weighted by Crippen LogP contribution is 2.32. The van der Waals surface area contributed by atoms with Crippen molar-refractivity contribution in [2.45, 2.75) is 25.2 Å². The van der Waals surface area contributed by atoms with E-state index in [0.717, 1.165) is 29.0 Å². The number of benzene rings is 2. The van der Waals surface area contributed by atoms with Gasteiger partial charge < -0.3 is 4.74 Å². The summed E-state index contributed by atoms with van der Waals surface area (Å²) in [6, 6.07) is 10.1. The van der Waals surface area contributed by atoms with Gasteiger partial charge in [-0.15, -0.1) is 11.3 Å². The molecule has 7 nitrogen and oxygen atoms in total. The number of anilines is 1. The van der Waals surface area contributed by atoms with Gasteiger partial charge in [0, 0.05) is 36.0 Å². The second-order valence-electron chi connectivity index (χ2n) is 7.15. The predicted octanol–water partition coefficient (Wildman–Crippen LogP) is 4.68. The summed E-state index contributed by atoms with van der Waals surface area (Å²) in [5.41, 5.74) is 3.03. The Hall–Kier alpha value is -2.46. The SMILES string of the molecule is CCN(CC)S(=O)(=O)c1cc(C(=O)Nc2nc(-c3ccc4c(c3)CCO4)cs2)ccc1Cl. The molecule has 168 valence electrons. The van der Waals surface area contributed by atoms with Crippen LogP contribution in [0.25, 0.3) is 11.3 Å².